The zero-order valence-corrected chi connectivity index (χ0v) is 9.53. The van der Waals surface area contributed by atoms with Crippen molar-refractivity contribution >= 4 is 15.2 Å². The number of fused-ring (bicyclic) bond motifs is 6. The molecular weight excluding hydrogens is 238 g/mol. The smallest absolute Gasteiger partial charge is 0.324 e. The van der Waals surface area contributed by atoms with E-state index in [9.17, 15) is 18.9 Å². The molecule has 2 unspecified atom stereocenters. The zero-order chi connectivity index (χ0) is 11.1. The van der Waals surface area contributed by atoms with E-state index in [2.05, 4.69) is 4.31 Å². The van der Waals surface area contributed by atoms with Gasteiger partial charge in [0.25, 0.3) is 0 Å². The van der Waals surface area contributed by atoms with Gasteiger partial charge < -0.3 is 9.79 Å². The fourth-order valence-corrected chi connectivity index (χ4v) is 4.87. The first-order chi connectivity index (χ1) is 6.86. The van der Waals surface area contributed by atoms with Crippen molar-refractivity contribution in [1.82, 2.24) is 0 Å². The van der Waals surface area contributed by atoms with Crippen LogP contribution in [0.3, 0.4) is 0 Å². The van der Waals surface area contributed by atoms with Crippen LogP contribution in [-0.2, 0) is 25.8 Å². The van der Waals surface area contributed by atoms with E-state index in [1.165, 1.54) is 0 Å². The second-order valence-corrected chi connectivity index (χ2v) is 7.32. The summed E-state index contributed by atoms with van der Waals surface area (Å²) in [5.74, 6) is 0. The lowest BCUT2D eigenvalue weighted by Gasteiger charge is -2.14. The summed E-state index contributed by atoms with van der Waals surface area (Å²) in [4.78, 5) is 18.7. The molecule has 2 N–H and O–H groups in total. The van der Waals surface area contributed by atoms with Crippen LogP contribution < -0.4 is 0 Å². The predicted octanol–water partition coefficient (Wildman–Crippen LogP) is 2.09. The van der Waals surface area contributed by atoms with Crippen molar-refractivity contribution in [2.45, 2.75) is 12.3 Å². The quantitative estimate of drug-likeness (QED) is 0.686. The Kier molecular flexibility index (Phi) is 2.61. The van der Waals surface area contributed by atoms with Gasteiger partial charge in [-0.3, -0.25) is 9.13 Å². The van der Waals surface area contributed by atoms with Crippen molar-refractivity contribution in [2.24, 2.45) is 0 Å². The maximum atomic E-state index is 11.5. The molecule has 0 spiro atoms. The van der Waals surface area contributed by atoms with Gasteiger partial charge in [0.2, 0.25) is 0 Å². The molecule has 82 valence electrons. The Morgan fingerprint density at radius 3 is 1.60 bits per heavy atom. The monoisotopic (exact) mass is 248 g/mol. The van der Waals surface area contributed by atoms with Gasteiger partial charge in [0, 0.05) is 0 Å². The first kappa shape index (κ1) is 11.1. The Morgan fingerprint density at radius 1 is 0.933 bits per heavy atom. The van der Waals surface area contributed by atoms with Crippen molar-refractivity contribution in [3.05, 3.63) is 35.4 Å². The van der Waals surface area contributed by atoms with Crippen LogP contribution in [0.25, 0.3) is 0 Å². The molecule has 1 aromatic rings. The van der Waals surface area contributed by atoms with Gasteiger partial charge in [-0.25, -0.2) is 4.31 Å². The van der Waals surface area contributed by atoms with Crippen LogP contribution in [0.4, 0.5) is 0 Å². The second kappa shape index (κ2) is 3.55. The molecule has 3 rings (SSSR count). The third kappa shape index (κ3) is 2.77. The Labute approximate surface area is 86.8 Å². The van der Waals surface area contributed by atoms with E-state index in [1.807, 2.05) is 0 Å². The van der Waals surface area contributed by atoms with Crippen LogP contribution in [0.1, 0.15) is 11.1 Å². The predicted molar refractivity (Wildman–Crippen MR) is 54.6 cm³/mol. The van der Waals surface area contributed by atoms with Gasteiger partial charge in [-0.05, 0) is 11.1 Å². The van der Waals surface area contributed by atoms with Crippen molar-refractivity contribution in [3.8, 4) is 0 Å². The van der Waals surface area contributed by atoms with Crippen LogP contribution in [0.2, 0.25) is 0 Å². The molecule has 0 aliphatic carbocycles. The minimum absolute atomic E-state index is 0.238. The minimum atomic E-state index is -4.02. The topological polar surface area (TPSA) is 83.8 Å². The van der Waals surface area contributed by atoms with Crippen molar-refractivity contribution in [1.29, 1.82) is 0 Å². The van der Waals surface area contributed by atoms with Gasteiger partial charge >= 0.3 is 15.2 Å². The number of rotatable bonds is 0. The van der Waals surface area contributed by atoms with Crippen LogP contribution in [0.15, 0.2) is 24.3 Å². The standard InChI is InChI=1S/C8H10O5P2/c9-14(10)5-7-1-2-8(4-3-7)6-15(11,12)13-14/h1-4H,5-6H2,(H,9,10)(H,11,12). The molecule has 0 radical (unpaired) electrons. The zero-order valence-electron chi connectivity index (χ0n) is 7.74. The third-order valence-electron chi connectivity index (χ3n) is 2.04. The van der Waals surface area contributed by atoms with Gasteiger partial charge in [-0.2, -0.15) is 0 Å². The van der Waals surface area contributed by atoms with E-state index >= 15 is 0 Å². The molecule has 2 heterocycles. The number of hydrogen-bond donors (Lipinski definition) is 2. The molecule has 2 bridgehead atoms. The van der Waals surface area contributed by atoms with Crippen LogP contribution in [0.5, 0.6) is 0 Å². The molecule has 7 heteroatoms. The van der Waals surface area contributed by atoms with Gasteiger partial charge in [-0.15, -0.1) is 0 Å². The third-order valence-corrected chi connectivity index (χ3v) is 5.61. The molecule has 0 fully saturated rings. The fourth-order valence-electron chi connectivity index (χ4n) is 1.47. The van der Waals surface area contributed by atoms with E-state index in [-0.39, 0.29) is 12.3 Å². The highest BCUT2D eigenvalue weighted by Crippen LogP contribution is 2.62. The van der Waals surface area contributed by atoms with E-state index in [1.54, 1.807) is 24.3 Å². The molecule has 5 nitrogen and oxygen atoms in total. The van der Waals surface area contributed by atoms with Crippen molar-refractivity contribution in [3.63, 3.8) is 0 Å². The second-order valence-electron chi connectivity index (χ2n) is 3.49. The Morgan fingerprint density at radius 2 is 1.27 bits per heavy atom. The summed E-state index contributed by atoms with van der Waals surface area (Å²) in [6, 6.07) is 6.64. The first-order valence-electron chi connectivity index (χ1n) is 4.29. The largest absolute Gasteiger partial charge is 0.339 e. The normalized spacial score (nSPS) is 35.6. The van der Waals surface area contributed by atoms with Crippen LogP contribution in [-0.4, -0.2) is 9.79 Å². The highest BCUT2D eigenvalue weighted by molar-refractivity contribution is 7.65. The molecule has 0 saturated heterocycles. The summed E-state index contributed by atoms with van der Waals surface area (Å²) in [5, 5.41) is 0. The summed E-state index contributed by atoms with van der Waals surface area (Å²) < 4.78 is 27.4. The average molecular weight is 248 g/mol. The summed E-state index contributed by atoms with van der Waals surface area (Å²) in [6.07, 6.45) is -0.477. The summed E-state index contributed by atoms with van der Waals surface area (Å²) in [7, 11) is -8.04. The molecule has 15 heavy (non-hydrogen) atoms. The van der Waals surface area contributed by atoms with Gasteiger partial charge in [0.1, 0.15) is 0 Å². The van der Waals surface area contributed by atoms with E-state index in [4.69, 9.17) is 0 Å². The van der Waals surface area contributed by atoms with E-state index < -0.39 is 15.2 Å². The molecule has 0 saturated carbocycles. The van der Waals surface area contributed by atoms with Gasteiger partial charge in [0.15, 0.2) is 0 Å². The maximum Gasteiger partial charge on any atom is 0.339 e. The molecule has 0 amide bonds. The van der Waals surface area contributed by atoms with Crippen LogP contribution in [0, 0.1) is 0 Å². The van der Waals surface area contributed by atoms with Crippen molar-refractivity contribution in [2.75, 3.05) is 0 Å². The molecule has 2 atom stereocenters. The Hall–Kier alpha value is -0.440. The number of hydrogen-bond acceptors (Lipinski definition) is 3. The van der Waals surface area contributed by atoms with E-state index in [0.717, 1.165) is 0 Å². The summed E-state index contributed by atoms with van der Waals surface area (Å²) in [6.45, 7) is 0. The number of benzene rings is 1. The van der Waals surface area contributed by atoms with Gasteiger partial charge in [-0.1, -0.05) is 24.3 Å². The highest BCUT2D eigenvalue weighted by atomic mass is 31.3. The van der Waals surface area contributed by atoms with Gasteiger partial charge in [0.05, 0.1) is 12.3 Å². The first-order valence-corrected chi connectivity index (χ1v) is 7.82. The van der Waals surface area contributed by atoms with E-state index in [0.29, 0.717) is 11.1 Å². The van der Waals surface area contributed by atoms with Crippen LogP contribution >= 0.6 is 15.2 Å². The molecular formula is C8H10O5P2. The fraction of sp³-hybridized carbons (Fsp3) is 0.250. The highest BCUT2D eigenvalue weighted by Gasteiger charge is 2.33. The SMILES string of the molecule is O=P1(O)Cc2ccc(cc2)CP(=O)(O)O1. The Bertz CT molecular complexity index is 423. The minimum Gasteiger partial charge on any atom is -0.324 e. The maximum absolute atomic E-state index is 11.5. The molecule has 2 aliphatic rings. The lowest BCUT2D eigenvalue weighted by Crippen LogP contribution is -1.92. The summed E-state index contributed by atoms with van der Waals surface area (Å²) in [5.41, 5.74) is 1.23. The molecule has 2 aliphatic heterocycles. The molecule has 1 aromatic carbocycles. The lowest BCUT2D eigenvalue weighted by atomic mass is 10.2. The lowest BCUT2D eigenvalue weighted by molar-refractivity contribution is 0.330. The summed E-state index contributed by atoms with van der Waals surface area (Å²) >= 11 is 0. The molecule has 0 aromatic heterocycles. The van der Waals surface area contributed by atoms with Crippen molar-refractivity contribution < 1.29 is 23.2 Å². The Balaban J connectivity index is 2.49. The average Bonchev–Trinajstić information content (AvgIpc) is 2.10.